The molecule has 0 unspecified atom stereocenters. The van der Waals surface area contributed by atoms with Crippen LogP contribution in [0.3, 0.4) is 0 Å². The number of benzene rings is 2. The monoisotopic (exact) mass is 297 g/mol. The van der Waals surface area contributed by atoms with Gasteiger partial charge < -0.3 is 10.4 Å². The number of carboxylic acid groups (broad SMARTS) is 1. The van der Waals surface area contributed by atoms with Gasteiger partial charge in [0.1, 0.15) is 0 Å². The van der Waals surface area contributed by atoms with Gasteiger partial charge in [-0.15, -0.1) is 0 Å². The van der Waals surface area contributed by atoms with Gasteiger partial charge in [-0.1, -0.05) is 29.8 Å². The number of aryl methyl sites for hydroxylation is 2. The molecule has 2 aromatic rings. The number of hydrogen-bond donors (Lipinski definition) is 2. The molecule has 22 heavy (non-hydrogen) atoms. The van der Waals surface area contributed by atoms with Gasteiger partial charge in [0, 0.05) is 17.7 Å². The highest BCUT2D eigenvalue weighted by molar-refractivity contribution is 6.04. The van der Waals surface area contributed by atoms with Gasteiger partial charge >= 0.3 is 5.97 Å². The number of amides is 1. The van der Waals surface area contributed by atoms with E-state index in [1.807, 2.05) is 49.4 Å². The minimum atomic E-state index is -0.776. The maximum absolute atomic E-state index is 12.1. The maximum Gasteiger partial charge on any atom is 0.303 e. The Morgan fingerprint density at radius 3 is 2.45 bits per heavy atom. The summed E-state index contributed by atoms with van der Waals surface area (Å²) >= 11 is 0. The molecule has 0 fully saturated rings. The summed E-state index contributed by atoms with van der Waals surface area (Å²) in [4.78, 5) is 22.6. The number of carbonyl (C=O) groups excluding carboxylic acids is 1. The van der Waals surface area contributed by atoms with E-state index in [0.29, 0.717) is 12.0 Å². The smallest absolute Gasteiger partial charge is 0.303 e. The van der Waals surface area contributed by atoms with E-state index in [9.17, 15) is 9.59 Å². The van der Waals surface area contributed by atoms with Gasteiger partial charge in [0.25, 0.3) is 5.91 Å². The van der Waals surface area contributed by atoms with E-state index >= 15 is 0 Å². The average molecular weight is 297 g/mol. The summed E-state index contributed by atoms with van der Waals surface area (Å²) in [5.74, 6) is -0.913. The first kappa shape index (κ1) is 15.8. The molecular weight excluding hydrogens is 278 g/mol. The lowest BCUT2D eigenvalue weighted by molar-refractivity contribution is -0.137. The van der Waals surface area contributed by atoms with Crippen molar-refractivity contribution >= 4 is 17.6 Å². The summed E-state index contributed by atoms with van der Waals surface area (Å²) in [5.41, 5.74) is 3.47. The Kier molecular flexibility index (Phi) is 5.31. The molecule has 0 bridgehead atoms. The molecule has 0 heterocycles. The average Bonchev–Trinajstić information content (AvgIpc) is 2.48. The molecule has 0 saturated carbocycles. The minimum absolute atomic E-state index is 0.137. The van der Waals surface area contributed by atoms with Crippen LogP contribution in [0.2, 0.25) is 0 Å². The van der Waals surface area contributed by atoms with Gasteiger partial charge in [0.2, 0.25) is 0 Å². The summed E-state index contributed by atoms with van der Waals surface area (Å²) in [7, 11) is 0. The molecule has 2 aromatic carbocycles. The van der Waals surface area contributed by atoms with Crippen LogP contribution in [-0.2, 0) is 11.2 Å². The van der Waals surface area contributed by atoms with E-state index in [-0.39, 0.29) is 12.3 Å². The van der Waals surface area contributed by atoms with Crippen LogP contribution in [0, 0.1) is 6.92 Å². The predicted molar refractivity (Wildman–Crippen MR) is 86.1 cm³/mol. The van der Waals surface area contributed by atoms with Crippen molar-refractivity contribution in [2.24, 2.45) is 0 Å². The van der Waals surface area contributed by atoms with Crippen molar-refractivity contribution in [2.75, 3.05) is 5.32 Å². The summed E-state index contributed by atoms with van der Waals surface area (Å²) < 4.78 is 0. The highest BCUT2D eigenvalue weighted by Crippen LogP contribution is 2.14. The molecule has 0 spiro atoms. The summed E-state index contributed by atoms with van der Waals surface area (Å²) in [6.07, 6.45) is 1.51. The summed E-state index contributed by atoms with van der Waals surface area (Å²) in [6, 6.07) is 14.9. The molecule has 0 aliphatic heterocycles. The van der Waals surface area contributed by atoms with Crippen LogP contribution in [0.1, 0.15) is 34.3 Å². The zero-order chi connectivity index (χ0) is 15.9. The number of anilines is 1. The quantitative estimate of drug-likeness (QED) is 0.855. The molecule has 0 aromatic heterocycles. The van der Waals surface area contributed by atoms with Crippen molar-refractivity contribution in [2.45, 2.75) is 26.2 Å². The van der Waals surface area contributed by atoms with Crippen LogP contribution in [0.5, 0.6) is 0 Å². The Hall–Kier alpha value is -2.62. The third-order valence-electron chi connectivity index (χ3n) is 3.35. The molecule has 4 nitrogen and oxygen atoms in total. The predicted octanol–water partition coefficient (Wildman–Crippen LogP) is 3.65. The summed E-state index contributed by atoms with van der Waals surface area (Å²) in [5, 5.41) is 11.5. The topological polar surface area (TPSA) is 66.4 Å². The highest BCUT2D eigenvalue weighted by atomic mass is 16.4. The van der Waals surface area contributed by atoms with Crippen molar-refractivity contribution in [3.8, 4) is 0 Å². The molecule has 0 aliphatic carbocycles. The first-order valence-corrected chi connectivity index (χ1v) is 7.23. The minimum Gasteiger partial charge on any atom is -0.481 e. The van der Waals surface area contributed by atoms with Crippen LogP contribution in [-0.4, -0.2) is 17.0 Å². The Labute approximate surface area is 129 Å². The third kappa shape index (κ3) is 4.74. The van der Waals surface area contributed by atoms with E-state index in [2.05, 4.69) is 5.32 Å². The molecule has 0 aliphatic rings. The van der Waals surface area contributed by atoms with Gasteiger partial charge in [-0.05, 0) is 49.6 Å². The fraction of sp³-hybridized carbons (Fsp3) is 0.222. The van der Waals surface area contributed by atoms with E-state index in [1.165, 1.54) is 0 Å². The SMILES string of the molecule is Cc1cccc(C(=O)Nc2ccc(CCCC(=O)O)cc2)c1. The van der Waals surface area contributed by atoms with Crippen LogP contribution < -0.4 is 5.32 Å². The second-order valence-corrected chi connectivity index (χ2v) is 5.27. The van der Waals surface area contributed by atoms with Crippen LogP contribution in [0.25, 0.3) is 0 Å². The number of rotatable bonds is 6. The van der Waals surface area contributed by atoms with E-state index < -0.39 is 5.97 Å². The van der Waals surface area contributed by atoms with Crippen molar-refractivity contribution in [1.29, 1.82) is 0 Å². The largest absolute Gasteiger partial charge is 0.481 e. The molecule has 114 valence electrons. The third-order valence-corrected chi connectivity index (χ3v) is 3.35. The van der Waals surface area contributed by atoms with Gasteiger partial charge in [-0.3, -0.25) is 9.59 Å². The number of carbonyl (C=O) groups is 2. The highest BCUT2D eigenvalue weighted by Gasteiger charge is 2.06. The second-order valence-electron chi connectivity index (χ2n) is 5.27. The van der Waals surface area contributed by atoms with Gasteiger partial charge in [0.05, 0.1) is 0 Å². The van der Waals surface area contributed by atoms with Crippen molar-refractivity contribution in [3.63, 3.8) is 0 Å². The van der Waals surface area contributed by atoms with E-state index in [1.54, 1.807) is 6.07 Å². The van der Waals surface area contributed by atoms with Crippen LogP contribution in [0.4, 0.5) is 5.69 Å². The Morgan fingerprint density at radius 2 is 1.82 bits per heavy atom. The normalized spacial score (nSPS) is 10.2. The molecule has 0 saturated heterocycles. The molecule has 0 radical (unpaired) electrons. The van der Waals surface area contributed by atoms with Crippen molar-refractivity contribution < 1.29 is 14.7 Å². The zero-order valence-electron chi connectivity index (χ0n) is 12.5. The Balaban J connectivity index is 1.93. The molecule has 2 N–H and O–H groups in total. The lowest BCUT2D eigenvalue weighted by Crippen LogP contribution is -2.11. The number of carboxylic acids is 1. The van der Waals surface area contributed by atoms with E-state index in [0.717, 1.165) is 23.2 Å². The maximum atomic E-state index is 12.1. The van der Waals surface area contributed by atoms with Crippen molar-refractivity contribution in [1.82, 2.24) is 0 Å². The molecule has 1 amide bonds. The van der Waals surface area contributed by atoms with Gasteiger partial charge in [-0.2, -0.15) is 0 Å². The fourth-order valence-electron chi connectivity index (χ4n) is 2.19. The first-order chi connectivity index (χ1) is 10.5. The van der Waals surface area contributed by atoms with Gasteiger partial charge in [-0.25, -0.2) is 0 Å². The van der Waals surface area contributed by atoms with Gasteiger partial charge in [0.15, 0.2) is 0 Å². The lowest BCUT2D eigenvalue weighted by Gasteiger charge is -2.07. The number of hydrogen-bond acceptors (Lipinski definition) is 2. The molecule has 2 rings (SSSR count). The zero-order valence-corrected chi connectivity index (χ0v) is 12.5. The second kappa shape index (κ2) is 7.41. The number of aliphatic carboxylic acids is 1. The fourth-order valence-corrected chi connectivity index (χ4v) is 2.19. The van der Waals surface area contributed by atoms with Crippen molar-refractivity contribution in [3.05, 3.63) is 65.2 Å². The Bertz CT molecular complexity index is 662. The number of nitrogens with one attached hydrogen (secondary N) is 1. The Morgan fingerprint density at radius 1 is 1.09 bits per heavy atom. The summed E-state index contributed by atoms with van der Waals surface area (Å²) in [6.45, 7) is 1.95. The molecule has 4 heteroatoms. The lowest BCUT2D eigenvalue weighted by atomic mass is 10.1. The van der Waals surface area contributed by atoms with Crippen LogP contribution >= 0.6 is 0 Å². The standard InChI is InChI=1S/C18H19NO3/c1-13-4-2-6-15(12-13)18(22)19-16-10-8-14(9-11-16)5-3-7-17(20)21/h2,4,6,8-12H,3,5,7H2,1H3,(H,19,22)(H,20,21). The molecule has 0 atom stereocenters. The molecular formula is C18H19NO3. The van der Waals surface area contributed by atoms with Crippen LogP contribution in [0.15, 0.2) is 48.5 Å². The first-order valence-electron chi connectivity index (χ1n) is 7.23. The van der Waals surface area contributed by atoms with E-state index in [4.69, 9.17) is 5.11 Å².